The molecule has 6 rings (SSSR count). The number of allylic oxidation sites excluding steroid dienone is 2. The molecule has 4 aliphatic rings. The molecule has 4 aliphatic carbocycles. The molecule has 4 bridgehead atoms. The number of pyridine rings is 1. The fourth-order valence-electron chi connectivity index (χ4n) is 6.15. The number of para-hydroxylation sites is 1. The van der Waals surface area contributed by atoms with Gasteiger partial charge in [0.05, 0.1) is 5.52 Å². The van der Waals surface area contributed by atoms with E-state index in [2.05, 4.69) is 47.5 Å². The predicted molar refractivity (Wildman–Crippen MR) is 99.7 cm³/mol. The molecule has 0 radical (unpaired) electrons. The summed E-state index contributed by atoms with van der Waals surface area (Å²) in [6, 6.07) is 10.7. The fraction of sp³-hybridized carbons (Fsp3) is 0.522. The number of nitrogens with zero attached hydrogens (tertiary/aromatic N) is 1. The first-order valence-corrected chi connectivity index (χ1v) is 9.86. The first kappa shape index (κ1) is 14.7. The van der Waals surface area contributed by atoms with E-state index in [1.807, 2.05) is 6.20 Å². The molecule has 1 heterocycles. The van der Waals surface area contributed by atoms with Gasteiger partial charge in [0.25, 0.3) is 0 Å². The van der Waals surface area contributed by atoms with E-state index < -0.39 is 0 Å². The minimum atomic E-state index is 0.895. The number of rotatable bonds is 4. The Morgan fingerprint density at radius 3 is 2.46 bits per heavy atom. The molecule has 124 valence electrons. The average Bonchev–Trinajstić information content (AvgIpc) is 2.60. The van der Waals surface area contributed by atoms with Gasteiger partial charge in [-0.15, -0.1) is 0 Å². The zero-order valence-electron chi connectivity index (χ0n) is 14.4. The van der Waals surface area contributed by atoms with Gasteiger partial charge in [-0.1, -0.05) is 30.4 Å². The molecular weight excluding hydrogens is 290 g/mol. The topological polar surface area (TPSA) is 12.9 Å². The van der Waals surface area contributed by atoms with Crippen LogP contribution in [0.15, 0.2) is 48.7 Å². The molecule has 0 aliphatic heterocycles. The molecule has 0 unspecified atom stereocenters. The number of aryl methyl sites for hydroxylation is 1. The third kappa shape index (κ3) is 2.59. The van der Waals surface area contributed by atoms with E-state index in [-0.39, 0.29) is 0 Å². The van der Waals surface area contributed by atoms with E-state index in [1.54, 1.807) is 6.42 Å². The van der Waals surface area contributed by atoms with Crippen LogP contribution in [0.4, 0.5) is 0 Å². The van der Waals surface area contributed by atoms with Crippen LogP contribution in [-0.2, 0) is 6.42 Å². The quantitative estimate of drug-likeness (QED) is 0.650. The van der Waals surface area contributed by atoms with Crippen molar-refractivity contribution in [3.63, 3.8) is 0 Å². The van der Waals surface area contributed by atoms with Crippen LogP contribution in [0, 0.1) is 29.6 Å². The van der Waals surface area contributed by atoms with Crippen molar-refractivity contribution < 1.29 is 0 Å². The highest BCUT2D eigenvalue weighted by atomic mass is 14.6. The Bertz CT molecular complexity index is 726. The summed E-state index contributed by atoms with van der Waals surface area (Å²) in [5, 5.41) is 1.32. The predicted octanol–water partition coefficient (Wildman–Crippen LogP) is 5.80. The summed E-state index contributed by atoms with van der Waals surface area (Å²) < 4.78 is 0. The van der Waals surface area contributed by atoms with Gasteiger partial charge in [0, 0.05) is 11.6 Å². The molecule has 0 N–H and O–H groups in total. The van der Waals surface area contributed by atoms with Crippen molar-refractivity contribution in [1.29, 1.82) is 0 Å². The van der Waals surface area contributed by atoms with Crippen LogP contribution < -0.4 is 0 Å². The van der Waals surface area contributed by atoms with Gasteiger partial charge in [-0.2, -0.15) is 0 Å². The van der Waals surface area contributed by atoms with Crippen LogP contribution >= 0.6 is 0 Å². The van der Waals surface area contributed by atoms with Crippen molar-refractivity contribution in [3.8, 4) is 0 Å². The lowest BCUT2D eigenvalue weighted by Gasteiger charge is -2.53. The summed E-state index contributed by atoms with van der Waals surface area (Å²) in [6.45, 7) is 0. The van der Waals surface area contributed by atoms with Gasteiger partial charge in [0.15, 0.2) is 0 Å². The molecular formula is C23H27N. The Labute approximate surface area is 145 Å². The molecule has 1 nitrogen and oxygen atoms in total. The van der Waals surface area contributed by atoms with Gasteiger partial charge < -0.3 is 0 Å². The van der Waals surface area contributed by atoms with Crippen molar-refractivity contribution >= 4 is 10.9 Å². The minimum Gasteiger partial charge on any atom is -0.256 e. The number of hydrogen-bond acceptors (Lipinski definition) is 1. The third-order valence-corrected chi connectivity index (χ3v) is 6.98. The zero-order chi connectivity index (χ0) is 15.9. The van der Waals surface area contributed by atoms with Crippen LogP contribution in [0.3, 0.4) is 0 Å². The molecule has 1 aromatic heterocycles. The van der Waals surface area contributed by atoms with Crippen LogP contribution in [0.5, 0.6) is 0 Å². The van der Waals surface area contributed by atoms with Crippen molar-refractivity contribution in [1.82, 2.24) is 4.98 Å². The van der Waals surface area contributed by atoms with E-state index >= 15 is 0 Å². The van der Waals surface area contributed by atoms with Crippen LogP contribution in [0.25, 0.3) is 10.9 Å². The van der Waals surface area contributed by atoms with Gasteiger partial charge in [0.1, 0.15) is 0 Å². The molecule has 0 amide bonds. The van der Waals surface area contributed by atoms with Crippen LogP contribution in [-0.4, -0.2) is 4.98 Å². The molecule has 0 atom stereocenters. The standard InChI is InChI=1S/C23H27N/c1(5-18-9-10-24-23-8-4-3-7-22(18)23)2-6-21-19-12-16-11-17(14-19)15-20(21)13-16/h2-4,6-10,16-17,19-21H,1,5,11-15H2/b6-2+. The highest BCUT2D eigenvalue weighted by Gasteiger charge is 2.46. The van der Waals surface area contributed by atoms with Gasteiger partial charge in [-0.3, -0.25) is 4.98 Å². The number of aromatic nitrogens is 1. The lowest BCUT2D eigenvalue weighted by molar-refractivity contribution is -0.0162. The molecule has 4 saturated carbocycles. The van der Waals surface area contributed by atoms with Crippen molar-refractivity contribution in [3.05, 3.63) is 54.2 Å². The highest BCUT2D eigenvalue weighted by Crippen LogP contribution is 2.56. The van der Waals surface area contributed by atoms with Gasteiger partial charge in [-0.05, 0) is 92.2 Å². The van der Waals surface area contributed by atoms with Gasteiger partial charge in [0.2, 0.25) is 0 Å². The Kier molecular flexibility index (Phi) is 3.69. The van der Waals surface area contributed by atoms with Crippen LogP contribution in [0.2, 0.25) is 0 Å². The summed E-state index contributed by atoms with van der Waals surface area (Å²) in [7, 11) is 0. The zero-order valence-corrected chi connectivity index (χ0v) is 14.4. The Morgan fingerprint density at radius 2 is 1.67 bits per heavy atom. The first-order valence-electron chi connectivity index (χ1n) is 9.86. The second kappa shape index (κ2) is 6.02. The lowest BCUT2D eigenvalue weighted by atomic mass is 9.52. The smallest absolute Gasteiger partial charge is 0.0704 e. The van der Waals surface area contributed by atoms with E-state index in [0.29, 0.717) is 0 Å². The second-order valence-electron chi connectivity index (χ2n) is 8.46. The lowest BCUT2D eigenvalue weighted by Crippen LogP contribution is -2.44. The monoisotopic (exact) mass is 317 g/mol. The third-order valence-electron chi connectivity index (χ3n) is 6.98. The van der Waals surface area contributed by atoms with Crippen LogP contribution in [0.1, 0.15) is 44.1 Å². The molecule has 24 heavy (non-hydrogen) atoms. The SMILES string of the molecule is C(=C\C1C2CC3CC(C2)CC1C3)/CCc1ccnc2ccccc12. The number of hydrogen-bond donors (Lipinski definition) is 0. The van der Waals surface area contributed by atoms with Gasteiger partial charge in [-0.25, -0.2) is 0 Å². The Hall–Kier alpha value is -1.63. The summed E-state index contributed by atoms with van der Waals surface area (Å²) in [5.41, 5.74) is 2.57. The Balaban J connectivity index is 1.25. The maximum absolute atomic E-state index is 4.48. The average molecular weight is 317 g/mol. The maximum atomic E-state index is 4.48. The summed E-state index contributed by atoms with van der Waals surface area (Å²) >= 11 is 0. The number of fused-ring (bicyclic) bond motifs is 1. The second-order valence-corrected chi connectivity index (χ2v) is 8.46. The van der Waals surface area contributed by atoms with E-state index in [1.165, 1.54) is 36.6 Å². The van der Waals surface area contributed by atoms with E-state index in [0.717, 1.165) is 47.9 Å². The van der Waals surface area contributed by atoms with Gasteiger partial charge >= 0.3 is 0 Å². The maximum Gasteiger partial charge on any atom is 0.0704 e. The highest BCUT2D eigenvalue weighted by molar-refractivity contribution is 5.81. The number of benzene rings is 1. The van der Waals surface area contributed by atoms with Crippen molar-refractivity contribution in [2.45, 2.75) is 44.9 Å². The summed E-state index contributed by atoms with van der Waals surface area (Å²) in [4.78, 5) is 4.48. The summed E-state index contributed by atoms with van der Waals surface area (Å²) in [5.74, 6) is 5.09. The largest absolute Gasteiger partial charge is 0.256 e. The fourth-order valence-corrected chi connectivity index (χ4v) is 6.15. The molecule has 0 saturated heterocycles. The molecule has 4 fully saturated rings. The van der Waals surface area contributed by atoms with E-state index in [9.17, 15) is 0 Å². The Morgan fingerprint density at radius 1 is 0.917 bits per heavy atom. The first-order chi connectivity index (χ1) is 11.9. The van der Waals surface area contributed by atoms with Crippen molar-refractivity contribution in [2.24, 2.45) is 29.6 Å². The molecule has 2 aromatic rings. The molecule has 1 aromatic carbocycles. The normalized spacial score (nSPS) is 34.4. The molecule has 1 heteroatoms. The van der Waals surface area contributed by atoms with E-state index in [4.69, 9.17) is 0 Å². The molecule has 0 spiro atoms. The minimum absolute atomic E-state index is 0.895. The van der Waals surface area contributed by atoms with Crippen molar-refractivity contribution in [2.75, 3.05) is 0 Å². The summed E-state index contributed by atoms with van der Waals surface area (Å²) in [6.07, 6.45) is 17.0.